The number of benzene rings is 1. The van der Waals surface area contributed by atoms with Crippen LogP contribution in [0, 0.1) is 6.92 Å². The molecule has 0 heterocycles. The van der Waals surface area contributed by atoms with Gasteiger partial charge < -0.3 is 10.2 Å². The van der Waals surface area contributed by atoms with Gasteiger partial charge in [-0.25, -0.2) is 4.79 Å². The molecule has 0 amide bonds. The largest absolute Gasteiger partial charge is 0.507 e. The van der Waals surface area contributed by atoms with Crippen LogP contribution in [0.3, 0.4) is 0 Å². The zero-order valence-corrected chi connectivity index (χ0v) is 9.46. The number of aryl methyl sites for hydroxylation is 1. The Balaban J connectivity index is 3.54. The Hall–Kier alpha value is -1.51. The van der Waals surface area contributed by atoms with Crippen molar-refractivity contribution in [2.24, 2.45) is 0 Å². The van der Waals surface area contributed by atoms with Crippen LogP contribution in [0.4, 0.5) is 0 Å². The first-order chi connectivity index (χ1) is 6.73. The predicted octanol–water partition coefficient (Wildman–Crippen LogP) is 2.70. The zero-order chi connectivity index (χ0) is 11.8. The monoisotopic (exact) mass is 208 g/mol. The van der Waals surface area contributed by atoms with Crippen LogP contribution in [0.15, 0.2) is 12.1 Å². The summed E-state index contributed by atoms with van der Waals surface area (Å²) in [6.07, 6.45) is 0. The molecule has 0 aliphatic rings. The topological polar surface area (TPSA) is 57.5 Å². The average molecular weight is 208 g/mol. The molecule has 82 valence electrons. The van der Waals surface area contributed by atoms with E-state index < -0.39 is 5.97 Å². The van der Waals surface area contributed by atoms with Crippen LogP contribution in [-0.2, 0) is 5.41 Å². The van der Waals surface area contributed by atoms with Gasteiger partial charge in [-0.3, -0.25) is 0 Å². The van der Waals surface area contributed by atoms with Crippen molar-refractivity contribution in [1.29, 1.82) is 0 Å². The van der Waals surface area contributed by atoms with Crippen LogP contribution in [0.25, 0.3) is 0 Å². The number of rotatable bonds is 1. The zero-order valence-electron chi connectivity index (χ0n) is 9.46. The molecule has 1 rings (SSSR count). The van der Waals surface area contributed by atoms with Gasteiger partial charge in [0.2, 0.25) is 0 Å². The number of carbonyl (C=O) groups is 1. The van der Waals surface area contributed by atoms with Crippen LogP contribution in [-0.4, -0.2) is 16.2 Å². The van der Waals surface area contributed by atoms with E-state index in [0.29, 0.717) is 5.56 Å². The Bertz CT molecular complexity index is 400. The highest BCUT2D eigenvalue weighted by Crippen LogP contribution is 2.32. The molecule has 2 N–H and O–H groups in total. The molecular weight excluding hydrogens is 192 g/mol. The summed E-state index contributed by atoms with van der Waals surface area (Å²) in [6, 6.07) is 3.28. The van der Waals surface area contributed by atoms with E-state index in [1.807, 2.05) is 33.8 Å². The maximum absolute atomic E-state index is 11.0. The number of hydrogen-bond acceptors (Lipinski definition) is 2. The molecule has 15 heavy (non-hydrogen) atoms. The average Bonchev–Trinajstić information content (AvgIpc) is 1.99. The van der Waals surface area contributed by atoms with Crippen molar-refractivity contribution < 1.29 is 15.0 Å². The van der Waals surface area contributed by atoms with Gasteiger partial charge in [0.25, 0.3) is 0 Å². The highest BCUT2D eigenvalue weighted by Gasteiger charge is 2.24. The normalized spacial score (nSPS) is 11.5. The Morgan fingerprint density at radius 3 is 2.20 bits per heavy atom. The van der Waals surface area contributed by atoms with Crippen molar-refractivity contribution >= 4 is 5.97 Å². The number of hydrogen-bond donors (Lipinski definition) is 2. The fourth-order valence-electron chi connectivity index (χ4n) is 1.58. The maximum atomic E-state index is 11.0. The third-order valence-electron chi connectivity index (χ3n) is 2.28. The third kappa shape index (κ3) is 2.29. The molecule has 3 heteroatoms. The van der Waals surface area contributed by atoms with E-state index in [-0.39, 0.29) is 16.7 Å². The lowest BCUT2D eigenvalue weighted by Crippen LogP contribution is -2.17. The Labute approximate surface area is 89.4 Å². The lowest BCUT2D eigenvalue weighted by Gasteiger charge is -2.22. The minimum Gasteiger partial charge on any atom is -0.507 e. The SMILES string of the molecule is Cc1cc(O)c(C(=O)O)c(C(C)(C)C)c1. The minimum absolute atomic E-state index is 0.00750. The molecule has 0 atom stereocenters. The first kappa shape index (κ1) is 11.6. The van der Waals surface area contributed by atoms with Crippen LogP contribution in [0.5, 0.6) is 5.75 Å². The molecule has 1 aromatic carbocycles. The van der Waals surface area contributed by atoms with Gasteiger partial charge in [0, 0.05) is 0 Å². The summed E-state index contributed by atoms with van der Waals surface area (Å²) in [5, 5.41) is 18.7. The summed E-state index contributed by atoms with van der Waals surface area (Å²) in [5.74, 6) is -1.25. The number of aromatic hydroxyl groups is 1. The molecule has 0 unspecified atom stereocenters. The van der Waals surface area contributed by atoms with Gasteiger partial charge in [0.05, 0.1) is 0 Å². The second kappa shape index (κ2) is 3.57. The van der Waals surface area contributed by atoms with Gasteiger partial charge >= 0.3 is 5.97 Å². The van der Waals surface area contributed by atoms with Crippen molar-refractivity contribution in [1.82, 2.24) is 0 Å². The Morgan fingerprint density at radius 2 is 1.80 bits per heavy atom. The van der Waals surface area contributed by atoms with Crippen molar-refractivity contribution in [3.63, 3.8) is 0 Å². The smallest absolute Gasteiger partial charge is 0.339 e. The summed E-state index contributed by atoms with van der Waals surface area (Å²) in [7, 11) is 0. The predicted molar refractivity (Wildman–Crippen MR) is 58.5 cm³/mol. The molecule has 0 saturated heterocycles. The summed E-state index contributed by atoms with van der Waals surface area (Å²) in [6.45, 7) is 7.61. The molecule has 0 bridgehead atoms. The fourth-order valence-corrected chi connectivity index (χ4v) is 1.58. The van der Waals surface area contributed by atoms with Gasteiger partial charge in [-0.1, -0.05) is 26.8 Å². The molecule has 0 aliphatic heterocycles. The van der Waals surface area contributed by atoms with Gasteiger partial charge in [0.15, 0.2) is 0 Å². The number of carboxylic acids is 1. The third-order valence-corrected chi connectivity index (χ3v) is 2.28. The van der Waals surface area contributed by atoms with Gasteiger partial charge in [-0.05, 0) is 29.5 Å². The summed E-state index contributed by atoms with van der Waals surface area (Å²) in [5.41, 5.74) is 1.24. The molecule has 3 nitrogen and oxygen atoms in total. The van der Waals surface area contributed by atoms with E-state index >= 15 is 0 Å². The summed E-state index contributed by atoms with van der Waals surface area (Å²) >= 11 is 0. The molecule has 1 aromatic rings. The molecule has 0 fully saturated rings. The lowest BCUT2D eigenvalue weighted by atomic mass is 9.82. The van der Waals surface area contributed by atoms with E-state index in [4.69, 9.17) is 5.11 Å². The standard InChI is InChI=1S/C12H16O3/c1-7-5-8(12(2,3)4)10(11(14)15)9(13)6-7/h5-6,13H,1-4H3,(H,14,15). The van der Waals surface area contributed by atoms with E-state index in [1.54, 1.807) is 0 Å². The van der Waals surface area contributed by atoms with E-state index in [1.165, 1.54) is 6.07 Å². The van der Waals surface area contributed by atoms with Crippen molar-refractivity contribution in [3.8, 4) is 5.75 Å². The highest BCUT2D eigenvalue weighted by molar-refractivity contribution is 5.93. The second-order valence-corrected chi connectivity index (χ2v) is 4.76. The maximum Gasteiger partial charge on any atom is 0.339 e. The molecule has 0 spiro atoms. The molecule has 0 aliphatic carbocycles. The van der Waals surface area contributed by atoms with E-state index in [2.05, 4.69) is 0 Å². The number of phenols is 1. The van der Waals surface area contributed by atoms with Gasteiger partial charge in [-0.15, -0.1) is 0 Å². The number of carboxylic acid groups (broad SMARTS) is 1. The molecule has 0 radical (unpaired) electrons. The van der Waals surface area contributed by atoms with Crippen LogP contribution >= 0.6 is 0 Å². The number of aromatic carboxylic acids is 1. The van der Waals surface area contributed by atoms with E-state index in [9.17, 15) is 9.90 Å². The van der Waals surface area contributed by atoms with Crippen molar-refractivity contribution in [2.45, 2.75) is 33.1 Å². The lowest BCUT2D eigenvalue weighted by molar-refractivity contribution is 0.0691. The van der Waals surface area contributed by atoms with Crippen LogP contribution in [0.2, 0.25) is 0 Å². The van der Waals surface area contributed by atoms with Crippen molar-refractivity contribution in [3.05, 3.63) is 28.8 Å². The summed E-state index contributed by atoms with van der Waals surface area (Å²) < 4.78 is 0. The molecule has 0 aromatic heterocycles. The molecular formula is C12H16O3. The minimum atomic E-state index is -1.09. The van der Waals surface area contributed by atoms with Crippen molar-refractivity contribution in [2.75, 3.05) is 0 Å². The molecule has 0 saturated carbocycles. The van der Waals surface area contributed by atoms with Gasteiger partial charge in [-0.2, -0.15) is 0 Å². The van der Waals surface area contributed by atoms with Gasteiger partial charge in [0.1, 0.15) is 11.3 Å². The second-order valence-electron chi connectivity index (χ2n) is 4.76. The first-order valence-electron chi connectivity index (χ1n) is 4.81. The summed E-state index contributed by atoms with van der Waals surface area (Å²) in [4.78, 5) is 11.0. The Morgan fingerprint density at radius 1 is 1.27 bits per heavy atom. The first-order valence-corrected chi connectivity index (χ1v) is 4.81. The van der Waals surface area contributed by atoms with E-state index in [0.717, 1.165) is 5.56 Å². The van der Waals surface area contributed by atoms with Crippen LogP contribution < -0.4 is 0 Å². The Kier molecular flexibility index (Phi) is 2.75. The van der Waals surface area contributed by atoms with Crippen LogP contribution in [0.1, 0.15) is 42.3 Å². The quantitative estimate of drug-likeness (QED) is 0.746. The fraction of sp³-hybridized carbons (Fsp3) is 0.417. The highest BCUT2D eigenvalue weighted by atomic mass is 16.4.